The van der Waals surface area contributed by atoms with Crippen molar-refractivity contribution in [2.45, 2.75) is 25.7 Å². The largest absolute Gasteiger partial charge is 0.396 e. The van der Waals surface area contributed by atoms with E-state index in [-0.39, 0.29) is 24.6 Å². The Morgan fingerprint density at radius 1 is 1.43 bits per heavy atom. The molecule has 114 valence electrons. The molecule has 1 saturated heterocycles. The lowest BCUT2D eigenvalue weighted by Gasteiger charge is -2.32. The molecule has 0 saturated carbocycles. The van der Waals surface area contributed by atoms with Crippen molar-refractivity contribution in [3.8, 4) is 0 Å². The van der Waals surface area contributed by atoms with Gasteiger partial charge in [0.25, 0.3) is 5.69 Å². The maximum absolute atomic E-state index is 12.3. The van der Waals surface area contributed by atoms with Gasteiger partial charge in [-0.25, -0.2) is 0 Å². The van der Waals surface area contributed by atoms with Crippen molar-refractivity contribution in [2.24, 2.45) is 5.92 Å². The first-order valence-corrected chi connectivity index (χ1v) is 7.22. The van der Waals surface area contributed by atoms with Crippen LogP contribution in [0.5, 0.6) is 0 Å². The number of rotatable bonds is 5. The Balaban J connectivity index is 2.03. The molecule has 6 nitrogen and oxygen atoms in total. The van der Waals surface area contributed by atoms with Crippen molar-refractivity contribution in [3.05, 3.63) is 39.9 Å². The molecule has 1 aliphatic heterocycles. The molecule has 1 N–H and O–H groups in total. The Labute approximate surface area is 123 Å². The number of nitro groups is 1. The summed E-state index contributed by atoms with van der Waals surface area (Å²) in [6.07, 6.45) is 2.71. The summed E-state index contributed by atoms with van der Waals surface area (Å²) in [4.78, 5) is 24.6. The van der Waals surface area contributed by atoms with Crippen LogP contribution in [0.2, 0.25) is 0 Å². The quantitative estimate of drug-likeness (QED) is 0.662. The lowest BCUT2D eigenvalue weighted by atomic mass is 9.94. The number of nitrogens with zero attached hydrogens (tertiary/aromatic N) is 2. The Morgan fingerprint density at radius 2 is 2.19 bits per heavy atom. The van der Waals surface area contributed by atoms with Crippen LogP contribution in [0, 0.1) is 16.0 Å². The van der Waals surface area contributed by atoms with E-state index in [0.29, 0.717) is 31.0 Å². The zero-order valence-corrected chi connectivity index (χ0v) is 11.9. The van der Waals surface area contributed by atoms with Crippen LogP contribution in [0.3, 0.4) is 0 Å². The predicted octanol–water partition coefficient (Wildman–Crippen LogP) is 1.76. The van der Waals surface area contributed by atoms with Gasteiger partial charge in [0.05, 0.1) is 11.3 Å². The first-order valence-electron chi connectivity index (χ1n) is 7.22. The van der Waals surface area contributed by atoms with Gasteiger partial charge in [0.1, 0.15) is 0 Å². The average Bonchev–Trinajstić information content (AvgIpc) is 2.48. The Kier molecular flexibility index (Phi) is 5.27. The number of benzene rings is 1. The second kappa shape index (κ2) is 7.17. The van der Waals surface area contributed by atoms with E-state index in [1.54, 1.807) is 23.1 Å². The van der Waals surface area contributed by atoms with Crippen LogP contribution >= 0.6 is 0 Å². The molecule has 0 bridgehead atoms. The molecule has 1 aromatic carbocycles. The number of hydrogen-bond acceptors (Lipinski definition) is 4. The predicted molar refractivity (Wildman–Crippen MR) is 77.8 cm³/mol. The molecule has 1 aromatic rings. The van der Waals surface area contributed by atoms with E-state index in [1.807, 2.05) is 0 Å². The average molecular weight is 292 g/mol. The number of carbonyl (C=O) groups excluding carboxylic acids is 1. The Morgan fingerprint density at radius 3 is 2.90 bits per heavy atom. The van der Waals surface area contributed by atoms with Crippen LogP contribution in [-0.2, 0) is 11.2 Å². The third kappa shape index (κ3) is 4.01. The topological polar surface area (TPSA) is 83.7 Å². The fourth-order valence-electron chi connectivity index (χ4n) is 2.82. The number of para-hydroxylation sites is 1. The lowest BCUT2D eigenvalue weighted by molar-refractivity contribution is -0.385. The zero-order chi connectivity index (χ0) is 15.2. The number of nitro benzene ring substituents is 1. The smallest absolute Gasteiger partial charge is 0.273 e. The number of aliphatic hydroxyl groups is 1. The van der Waals surface area contributed by atoms with E-state index in [9.17, 15) is 14.9 Å². The minimum absolute atomic E-state index is 0.00484. The maximum atomic E-state index is 12.3. The van der Waals surface area contributed by atoms with Gasteiger partial charge in [0.15, 0.2) is 0 Å². The summed E-state index contributed by atoms with van der Waals surface area (Å²) < 4.78 is 0. The molecule has 1 atom stereocenters. The van der Waals surface area contributed by atoms with Crippen LogP contribution < -0.4 is 0 Å². The van der Waals surface area contributed by atoms with Gasteiger partial charge in [-0.1, -0.05) is 18.2 Å². The van der Waals surface area contributed by atoms with Crippen molar-refractivity contribution in [1.29, 1.82) is 0 Å². The number of aliphatic hydroxyl groups excluding tert-OH is 1. The van der Waals surface area contributed by atoms with Gasteiger partial charge in [-0.2, -0.15) is 0 Å². The molecule has 1 heterocycles. The Bertz CT molecular complexity index is 516. The van der Waals surface area contributed by atoms with Gasteiger partial charge in [-0.15, -0.1) is 0 Å². The number of hydrogen-bond donors (Lipinski definition) is 1. The fraction of sp³-hybridized carbons (Fsp3) is 0.533. The molecule has 6 heteroatoms. The molecule has 0 spiro atoms. The molecular formula is C15H20N2O4. The van der Waals surface area contributed by atoms with Gasteiger partial charge in [-0.05, 0) is 25.2 Å². The summed E-state index contributed by atoms with van der Waals surface area (Å²) in [5, 5.41) is 20.0. The van der Waals surface area contributed by atoms with Crippen LogP contribution in [0.4, 0.5) is 5.69 Å². The highest BCUT2D eigenvalue weighted by Crippen LogP contribution is 2.22. The van der Waals surface area contributed by atoms with Crippen LogP contribution in [0.1, 0.15) is 24.8 Å². The summed E-state index contributed by atoms with van der Waals surface area (Å²) in [6, 6.07) is 6.36. The molecule has 21 heavy (non-hydrogen) atoms. The van der Waals surface area contributed by atoms with Crippen molar-refractivity contribution < 1.29 is 14.8 Å². The van der Waals surface area contributed by atoms with E-state index in [2.05, 4.69) is 0 Å². The summed E-state index contributed by atoms with van der Waals surface area (Å²) >= 11 is 0. The Hall–Kier alpha value is -1.95. The highest BCUT2D eigenvalue weighted by molar-refractivity contribution is 5.80. The van der Waals surface area contributed by atoms with Gasteiger partial charge in [0, 0.05) is 31.3 Å². The fourth-order valence-corrected chi connectivity index (χ4v) is 2.82. The molecule has 0 aromatic heterocycles. The van der Waals surface area contributed by atoms with Crippen LogP contribution in [0.25, 0.3) is 0 Å². The summed E-state index contributed by atoms with van der Waals surface area (Å²) in [5.41, 5.74) is 0.451. The van der Waals surface area contributed by atoms with E-state index in [0.717, 1.165) is 12.8 Å². The first kappa shape index (κ1) is 15.4. The van der Waals surface area contributed by atoms with Crippen LogP contribution in [-0.4, -0.2) is 40.5 Å². The second-order valence-corrected chi connectivity index (χ2v) is 5.42. The third-order valence-corrected chi connectivity index (χ3v) is 3.94. The number of amides is 1. The van der Waals surface area contributed by atoms with Gasteiger partial charge in [-0.3, -0.25) is 14.9 Å². The minimum Gasteiger partial charge on any atom is -0.396 e. The van der Waals surface area contributed by atoms with Crippen LogP contribution in [0.15, 0.2) is 24.3 Å². The lowest BCUT2D eigenvalue weighted by Crippen LogP contribution is -2.41. The molecule has 0 radical (unpaired) electrons. The summed E-state index contributed by atoms with van der Waals surface area (Å²) in [5.74, 6) is 0.255. The summed E-state index contributed by atoms with van der Waals surface area (Å²) in [6.45, 7) is 1.47. The van der Waals surface area contributed by atoms with E-state index in [1.165, 1.54) is 6.07 Å². The van der Waals surface area contributed by atoms with Crippen molar-refractivity contribution in [2.75, 3.05) is 19.7 Å². The number of likely N-dealkylation sites (tertiary alicyclic amines) is 1. The number of carbonyl (C=O) groups is 1. The van der Waals surface area contributed by atoms with E-state index in [4.69, 9.17) is 5.11 Å². The molecule has 1 amide bonds. The highest BCUT2D eigenvalue weighted by Gasteiger charge is 2.25. The first-order chi connectivity index (χ1) is 10.1. The van der Waals surface area contributed by atoms with Crippen molar-refractivity contribution in [3.63, 3.8) is 0 Å². The van der Waals surface area contributed by atoms with E-state index < -0.39 is 4.92 Å². The molecule has 1 aliphatic rings. The third-order valence-electron chi connectivity index (χ3n) is 3.94. The van der Waals surface area contributed by atoms with Crippen molar-refractivity contribution in [1.82, 2.24) is 4.90 Å². The second-order valence-electron chi connectivity index (χ2n) is 5.42. The van der Waals surface area contributed by atoms with E-state index >= 15 is 0 Å². The van der Waals surface area contributed by atoms with Crippen molar-refractivity contribution >= 4 is 11.6 Å². The van der Waals surface area contributed by atoms with Gasteiger partial charge >= 0.3 is 0 Å². The molecule has 1 fully saturated rings. The summed E-state index contributed by atoms with van der Waals surface area (Å²) in [7, 11) is 0. The standard InChI is InChI=1S/C15H20N2O4/c18-9-7-12-4-3-8-16(11-12)15(19)10-13-5-1-2-6-14(13)17(20)21/h1-2,5-6,12,18H,3-4,7-11H2. The van der Waals surface area contributed by atoms with Gasteiger partial charge in [0.2, 0.25) is 5.91 Å². The minimum atomic E-state index is -0.451. The molecule has 0 aliphatic carbocycles. The molecule has 2 rings (SSSR count). The zero-order valence-electron chi connectivity index (χ0n) is 11.9. The number of piperidine rings is 1. The monoisotopic (exact) mass is 292 g/mol. The molecule has 1 unspecified atom stereocenters. The SMILES string of the molecule is O=C(Cc1ccccc1[N+](=O)[O-])N1CCCC(CCO)C1. The normalized spacial score (nSPS) is 18.5. The molecular weight excluding hydrogens is 272 g/mol. The maximum Gasteiger partial charge on any atom is 0.273 e. The van der Waals surface area contributed by atoms with Gasteiger partial charge < -0.3 is 10.0 Å². The highest BCUT2D eigenvalue weighted by atomic mass is 16.6.